The molecule has 126 valence electrons. The summed E-state index contributed by atoms with van der Waals surface area (Å²) in [6.45, 7) is 2.24. The van der Waals surface area contributed by atoms with Crippen LogP contribution >= 0.6 is 0 Å². The topological polar surface area (TPSA) is 35.5 Å². The number of rotatable bonds is 15. The van der Waals surface area contributed by atoms with Crippen LogP contribution in [-0.2, 0) is 14.3 Å². The molecule has 0 N–H and O–H groups in total. The van der Waals surface area contributed by atoms with Crippen molar-refractivity contribution in [3.8, 4) is 0 Å². The number of hydrogen-bond acceptors (Lipinski definition) is 3. The average molecular weight is 300 g/mol. The van der Waals surface area contributed by atoms with Gasteiger partial charge in [-0.1, -0.05) is 64.7 Å². The van der Waals surface area contributed by atoms with E-state index in [1.54, 1.807) is 0 Å². The maximum atomic E-state index is 10.9. The Morgan fingerprint density at radius 3 is 1.86 bits per heavy atom. The highest BCUT2D eigenvalue weighted by Crippen LogP contribution is 2.15. The number of ether oxygens (including phenoxy) is 2. The van der Waals surface area contributed by atoms with Crippen molar-refractivity contribution >= 4 is 5.97 Å². The zero-order chi connectivity index (χ0) is 15.8. The number of methoxy groups -OCH3 is 2. The minimum Gasteiger partial charge on any atom is -0.469 e. The number of carbonyl (C=O) groups is 1. The molecule has 0 rings (SSSR count). The van der Waals surface area contributed by atoms with Crippen LogP contribution in [0.2, 0.25) is 0 Å². The Balaban J connectivity index is 3.28. The molecule has 0 spiro atoms. The van der Waals surface area contributed by atoms with Gasteiger partial charge >= 0.3 is 5.97 Å². The molecule has 0 radical (unpaired) electrons. The predicted molar refractivity (Wildman–Crippen MR) is 88.5 cm³/mol. The molecule has 0 bridgehead atoms. The quantitative estimate of drug-likeness (QED) is 0.305. The molecule has 3 nitrogen and oxygen atoms in total. The number of carbonyl (C=O) groups excluding carboxylic acids is 1. The van der Waals surface area contributed by atoms with Crippen molar-refractivity contribution in [2.75, 3.05) is 14.2 Å². The van der Waals surface area contributed by atoms with E-state index in [-0.39, 0.29) is 5.97 Å². The maximum Gasteiger partial charge on any atom is 0.305 e. The molecule has 0 amide bonds. The van der Waals surface area contributed by atoms with E-state index in [4.69, 9.17) is 4.74 Å². The summed E-state index contributed by atoms with van der Waals surface area (Å²) in [5.41, 5.74) is 0. The van der Waals surface area contributed by atoms with E-state index in [9.17, 15) is 4.79 Å². The van der Waals surface area contributed by atoms with Crippen LogP contribution in [0.5, 0.6) is 0 Å². The van der Waals surface area contributed by atoms with E-state index in [1.807, 2.05) is 7.11 Å². The van der Waals surface area contributed by atoms with Crippen LogP contribution in [0.25, 0.3) is 0 Å². The van der Waals surface area contributed by atoms with Crippen LogP contribution in [0.3, 0.4) is 0 Å². The van der Waals surface area contributed by atoms with Crippen molar-refractivity contribution in [3.63, 3.8) is 0 Å². The first kappa shape index (κ1) is 20.4. The van der Waals surface area contributed by atoms with Gasteiger partial charge in [-0.05, 0) is 19.3 Å². The highest BCUT2D eigenvalue weighted by molar-refractivity contribution is 5.68. The van der Waals surface area contributed by atoms with Crippen molar-refractivity contribution in [2.45, 2.75) is 96.5 Å². The molecule has 0 aliphatic rings. The van der Waals surface area contributed by atoms with Crippen molar-refractivity contribution in [1.29, 1.82) is 0 Å². The highest BCUT2D eigenvalue weighted by Gasteiger charge is 2.06. The van der Waals surface area contributed by atoms with Crippen LogP contribution in [0.1, 0.15) is 90.4 Å². The molecule has 0 aromatic carbocycles. The van der Waals surface area contributed by atoms with Crippen molar-refractivity contribution in [3.05, 3.63) is 0 Å². The fourth-order valence-corrected chi connectivity index (χ4v) is 2.63. The second-order valence-electron chi connectivity index (χ2n) is 5.94. The lowest BCUT2D eigenvalue weighted by atomic mass is 10.0. The summed E-state index contributed by atoms with van der Waals surface area (Å²) in [6.07, 6.45) is 15.9. The Labute approximate surface area is 131 Å². The minimum absolute atomic E-state index is 0.0799. The molecule has 0 aliphatic carbocycles. The van der Waals surface area contributed by atoms with E-state index in [1.165, 1.54) is 71.3 Å². The van der Waals surface area contributed by atoms with Gasteiger partial charge < -0.3 is 9.47 Å². The number of unbranched alkanes of at least 4 members (excludes halogenated alkanes) is 8. The molecule has 1 atom stereocenters. The van der Waals surface area contributed by atoms with Crippen LogP contribution in [0.4, 0.5) is 0 Å². The second-order valence-corrected chi connectivity index (χ2v) is 5.94. The predicted octanol–water partition coefficient (Wildman–Crippen LogP) is 5.27. The molecule has 0 heterocycles. The monoisotopic (exact) mass is 300 g/mol. The smallest absolute Gasteiger partial charge is 0.305 e. The zero-order valence-electron chi connectivity index (χ0n) is 14.5. The van der Waals surface area contributed by atoms with Gasteiger partial charge in [0, 0.05) is 13.5 Å². The fraction of sp³-hybridized carbons (Fsp3) is 0.944. The Morgan fingerprint density at radius 1 is 0.810 bits per heavy atom. The van der Waals surface area contributed by atoms with Crippen molar-refractivity contribution in [1.82, 2.24) is 0 Å². The van der Waals surface area contributed by atoms with E-state index in [0.29, 0.717) is 12.5 Å². The molecule has 0 saturated carbocycles. The third-order valence-electron chi connectivity index (χ3n) is 4.10. The summed E-state index contributed by atoms with van der Waals surface area (Å²) in [6, 6.07) is 0. The molecule has 3 heteroatoms. The molecule has 0 saturated heterocycles. The van der Waals surface area contributed by atoms with Gasteiger partial charge in [0.2, 0.25) is 0 Å². The van der Waals surface area contributed by atoms with Gasteiger partial charge in [-0.2, -0.15) is 0 Å². The van der Waals surface area contributed by atoms with E-state index >= 15 is 0 Å². The number of hydrogen-bond donors (Lipinski definition) is 0. The fourth-order valence-electron chi connectivity index (χ4n) is 2.63. The van der Waals surface area contributed by atoms with Gasteiger partial charge in [0.05, 0.1) is 13.2 Å². The van der Waals surface area contributed by atoms with Crippen LogP contribution in [0, 0.1) is 0 Å². The highest BCUT2D eigenvalue weighted by atomic mass is 16.5. The lowest BCUT2D eigenvalue weighted by molar-refractivity contribution is -0.140. The number of esters is 1. The van der Waals surface area contributed by atoms with Crippen LogP contribution in [-0.4, -0.2) is 26.3 Å². The van der Waals surface area contributed by atoms with Crippen molar-refractivity contribution < 1.29 is 14.3 Å². The molecule has 1 unspecified atom stereocenters. The van der Waals surface area contributed by atoms with E-state index in [0.717, 1.165) is 12.8 Å². The van der Waals surface area contributed by atoms with Gasteiger partial charge in [-0.15, -0.1) is 0 Å². The Hall–Kier alpha value is -0.570. The molecule has 21 heavy (non-hydrogen) atoms. The molecule has 0 fully saturated rings. The molecule has 0 aromatic heterocycles. The Bertz CT molecular complexity index is 229. The molecule has 0 aromatic rings. The molecular weight excluding hydrogens is 264 g/mol. The summed E-state index contributed by atoms with van der Waals surface area (Å²) in [7, 11) is 3.30. The summed E-state index contributed by atoms with van der Waals surface area (Å²) < 4.78 is 10.2. The van der Waals surface area contributed by atoms with Crippen LogP contribution in [0.15, 0.2) is 0 Å². The summed E-state index contributed by atoms with van der Waals surface area (Å²) in [5, 5.41) is 0. The average Bonchev–Trinajstić information content (AvgIpc) is 2.51. The first-order valence-corrected chi connectivity index (χ1v) is 8.84. The van der Waals surface area contributed by atoms with Gasteiger partial charge in [0.1, 0.15) is 0 Å². The lowest BCUT2D eigenvalue weighted by Crippen LogP contribution is -2.10. The standard InChI is InChI=1S/C18H36O3/c1-4-5-11-14-17(20-2)15-12-9-7-6-8-10-13-16-18(19)21-3/h17H,4-16H2,1-3H3. The lowest BCUT2D eigenvalue weighted by Gasteiger charge is -2.14. The molecular formula is C18H36O3. The SMILES string of the molecule is CCCCCC(CCCCCCCCCC(=O)OC)OC. The first-order chi connectivity index (χ1) is 10.2. The summed E-state index contributed by atoms with van der Waals surface area (Å²) in [4.78, 5) is 10.9. The Kier molecular flexibility index (Phi) is 15.4. The van der Waals surface area contributed by atoms with Crippen molar-refractivity contribution in [2.24, 2.45) is 0 Å². The summed E-state index contributed by atoms with van der Waals surface area (Å²) >= 11 is 0. The summed E-state index contributed by atoms with van der Waals surface area (Å²) in [5.74, 6) is -0.0799. The van der Waals surface area contributed by atoms with E-state index in [2.05, 4.69) is 11.7 Å². The second kappa shape index (κ2) is 15.8. The van der Waals surface area contributed by atoms with Gasteiger partial charge in [-0.25, -0.2) is 0 Å². The maximum absolute atomic E-state index is 10.9. The normalized spacial score (nSPS) is 12.3. The van der Waals surface area contributed by atoms with Gasteiger partial charge in [0.15, 0.2) is 0 Å². The first-order valence-electron chi connectivity index (χ1n) is 8.84. The van der Waals surface area contributed by atoms with Gasteiger partial charge in [0.25, 0.3) is 0 Å². The molecule has 0 aliphatic heterocycles. The Morgan fingerprint density at radius 2 is 1.33 bits per heavy atom. The van der Waals surface area contributed by atoms with Gasteiger partial charge in [-0.3, -0.25) is 4.79 Å². The largest absolute Gasteiger partial charge is 0.469 e. The van der Waals surface area contributed by atoms with E-state index < -0.39 is 0 Å². The minimum atomic E-state index is -0.0799. The third-order valence-corrected chi connectivity index (χ3v) is 4.10. The third kappa shape index (κ3) is 14.1. The zero-order valence-corrected chi connectivity index (χ0v) is 14.5. The van der Waals surface area contributed by atoms with Crippen LogP contribution < -0.4 is 0 Å².